The Balaban J connectivity index is 1.89. The molecule has 1 saturated carbocycles. The molecule has 2 rings (SSSR count). The summed E-state index contributed by atoms with van der Waals surface area (Å²) in [6, 6.07) is 0. The standard InChI is InChI=1S/C11H14N2O3S/c1-6-3-8(6)10(15)13-11-12-7(5-17-11)4-9(14)16-2/h5-6,8H,3-4H2,1-2H3,(H,12,13,15). The van der Waals surface area contributed by atoms with E-state index in [0.717, 1.165) is 6.42 Å². The van der Waals surface area contributed by atoms with E-state index in [0.29, 0.717) is 16.7 Å². The summed E-state index contributed by atoms with van der Waals surface area (Å²) in [4.78, 5) is 26.8. The molecule has 0 bridgehead atoms. The molecule has 17 heavy (non-hydrogen) atoms. The maximum Gasteiger partial charge on any atom is 0.311 e. The molecule has 1 N–H and O–H groups in total. The number of hydrogen-bond donors (Lipinski definition) is 1. The molecule has 92 valence electrons. The zero-order valence-electron chi connectivity index (χ0n) is 9.73. The highest BCUT2D eigenvalue weighted by Crippen LogP contribution is 2.38. The first-order valence-corrected chi connectivity index (χ1v) is 6.30. The van der Waals surface area contributed by atoms with Gasteiger partial charge in [-0.2, -0.15) is 0 Å². The molecule has 0 saturated heterocycles. The maximum absolute atomic E-state index is 11.6. The molecule has 5 nitrogen and oxygen atoms in total. The second-order valence-corrected chi connectivity index (χ2v) is 5.06. The van der Waals surface area contributed by atoms with Crippen molar-refractivity contribution in [1.29, 1.82) is 0 Å². The molecular formula is C11H14N2O3S. The Morgan fingerprint density at radius 3 is 2.94 bits per heavy atom. The van der Waals surface area contributed by atoms with Gasteiger partial charge in [-0.05, 0) is 12.3 Å². The molecule has 1 aliphatic carbocycles. The normalized spacial score (nSPS) is 22.0. The first-order chi connectivity index (χ1) is 8.10. The number of rotatable bonds is 4. The van der Waals surface area contributed by atoms with Gasteiger partial charge in [0.2, 0.25) is 5.91 Å². The van der Waals surface area contributed by atoms with E-state index in [1.165, 1.54) is 18.4 Å². The van der Waals surface area contributed by atoms with E-state index >= 15 is 0 Å². The van der Waals surface area contributed by atoms with Crippen LogP contribution in [-0.2, 0) is 20.7 Å². The molecule has 2 unspecified atom stereocenters. The maximum atomic E-state index is 11.6. The highest BCUT2D eigenvalue weighted by Gasteiger charge is 2.39. The fraction of sp³-hybridized carbons (Fsp3) is 0.545. The molecule has 1 aromatic heterocycles. The summed E-state index contributed by atoms with van der Waals surface area (Å²) in [5, 5.41) is 5.06. The van der Waals surface area contributed by atoms with Crippen LogP contribution in [0.1, 0.15) is 19.0 Å². The number of thiazole rings is 1. The molecule has 0 aliphatic heterocycles. The smallest absolute Gasteiger partial charge is 0.311 e. The number of nitrogens with zero attached hydrogens (tertiary/aromatic N) is 1. The number of anilines is 1. The lowest BCUT2D eigenvalue weighted by Gasteiger charge is -1.98. The summed E-state index contributed by atoms with van der Waals surface area (Å²) in [5.74, 6) is 0.299. The average Bonchev–Trinajstić information content (AvgIpc) is 2.87. The highest BCUT2D eigenvalue weighted by atomic mass is 32.1. The van der Waals surface area contributed by atoms with Crippen molar-refractivity contribution in [3.63, 3.8) is 0 Å². The number of ether oxygens (including phenoxy) is 1. The predicted molar refractivity (Wildman–Crippen MR) is 63.7 cm³/mol. The second kappa shape index (κ2) is 4.83. The summed E-state index contributed by atoms with van der Waals surface area (Å²) in [6.45, 7) is 2.05. The highest BCUT2D eigenvalue weighted by molar-refractivity contribution is 7.13. The average molecular weight is 254 g/mol. The van der Waals surface area contributed by atoms with E-state index in [2.05, 4.69) is 22.0 Å². The van der Waals surface area contributed by atoms with Crippen LogP contribution in [0, 0.1) is 11.8 Å². The first-order valence-electron chi connectivity index (χ1n) is 5.42. The third-order valence-corrected chi connectivity index (χ3v) is 3.59. The number of carbonyl (C=O) groups is 2. The second-order valence-electron chi connectivity index (χ2n) is 4.21. The van der Waals surface area contributed by atoms with E-state index in [4.69, 9.17) is 0 Å². The van der Waals surface area contributed by atoms with Crippen molar-refractivity contribution in [2.24, 2.45) is 11.8 Å². The number of methoxy groups -OCH3 is 1. The molecule has 0 spiro atoms. The fourth-order valence-electron chi connectivity index (χ4n) is 1.55. The molecule has 1 heterocycles. The minimum atomic E-state index is -0.330. The number of carbonyl (C=O) groups excluding carboxylic acids is 2. The lowest BCUT2D eigenvalue weighted by atomic mass is 10.3. The van der Waals surface area contributed by atoms with Crippen LogP contribution in [0.2, 0.25) is 0 Å². The van der Waals surface area contributed by atoms with Gasteiger partial charge in [0.1, 0.15) is 0 Å². The minimum absolute atomic E-state index is 0.0245. The largest absolute Gasteiger partial charge is 0.469 e. The predicted octanol–water partition coefficient (Wildman–Crippen LogP) is 1.45. The quantitative estimate of drug-likeness (QED) is 0.826. The third-order valence-electron chi connectivity index (χ3n) is 2.78. The Morgan fingerprint density at radius 1 is 1.65 bits per heavy atom. The van der Waals surface area contributed by atoms with Crippen molar-refractivity contribution in [2.75, 3.05) is 12.4 Å². The molecule has 1 amide bonds. The van der Waals surface area contributed by atoms with Gasteiger partial charge in [0.25, 0.3) is 0 Å². The topological polar surface area (TPSA) is 68.3 Å². The summed E-state index contributed by atoms with van der Waals surface area (Å²) >= 11 is 1.33. The van der Waals surface area contributed by atoms with Gasteiger partial charge in [0.15, 0.2) is 5.13 Å². The van der Waals surface area contributed by atoms with Crippen LogP contribution < -0.4 is 5.32 Å². The Hall–Kier alpha value is -1.43. The first kappa shape index (κ1) is 12.0. The summed E-state index contributed by atoms with van der Waals surface area (Å²) < 4.78 is 4.55. The van der Waals surface area contributed by atoms with Gasteiger partial charge in [-0.1, -0.05) is 6.92 Å². The number of nitrogens with one attached hydrogen (secondary N) is 1. The molecular weight excluding hydrogens is 240 g/mol. The zero-order valence-corrected chi connectivity index (χ0v) is 10.5. The molecule has 2 atom stereocenters. The monoisotopic (exact) mass is 254 g/mol. The van der Waals surface area contributed by atoms with E-state index < -0.39 is 0 Å². The van der Waals surface area contributed by atoms with E-state index in [9.17, 15) is 9.59 Å². The van der Waals surface area contributed by atoms with E-state index in [1.54, 1.807) is 5.38 Å². The molecule has 1 aromatic rings. The number of aromatic nitrogens is 1. The Labute approximate surface area is 103 Å². The van der Waals surface area contributed by atoms with Gasteiger partial charge in [0, 0.05) is 11.3 Å². The molecule has 1 fully saturated rings. The lowest BCUT2D eigenvalue weighted by Crippen LogP contribution is -2.14. The fourth-order valence-corrected chi connectivity index (χ4v) is 2.26. The lowest BCUT2D eigenvalue weighted by molar-refractivity contribution is -0.139. The SMILES string of the molecule is COC(=O)Cc1csc(NC(=O)C2CC2C)n1. The number of amides is 1. The van der Waals surface area contributed by atoms with E-state index in [-0.39, 0.29) is 24.2 Å². The summed E-state index contributed by atoms with van der Waals surface area (Å²) in [6.07, 6.45) is 1.09. The van der Waals surface area contributed by atoms with Gasteiger partial charge in [-0.15, -0.1) is 11.3 Å². The van der Waals surface area contributed by atoms with Gasteiger partial charge >= 0.3 is 5.97 Å². The number of hydrogen-bond acceptors (Lipinski definition) is 5. The van der Waals surface area contributed by atoms with Gasteiger partial charge < -0.3 is 10.1 Å². The molecule has 0 radical (unpaired) electrons. The van der Waals surface area contributed by atoms with Crippen LogP contribution in [0.15, 0.2) is 5.38 Å². The van der Waals surface area contributed by atoms with Crippen LogP contribution in [0.25, 0.3) is 0 Å². The number of esters is 1. The van der Waals surface area contributed by atoms with Gasteiger partial charge in [-0.25, -0.2) is 4.98 Å². The Bertz CT molecular complexity index is 444. The van der Waals surface area contributed by atoms with Gasteiger partial charge in [-0.3, -0.25) is 9.59 Å². The Kier molecular flexibility index (Phi) is 3.42. The third kappa shape index (κ3) is 3.03. The van der Waals surface area contributed by atoms with Crippen molar-refractivity contribution in [3.8, 4) is 0 Å². The van der Waals surface area contributed by atoms with Crippen LogP contribution in [-0.4, -0.2) is 24.0 Å². The van der Waals surface area contributed by atoms with Crippen LogP contribution in [0.3, 0.4) is 0 Å². The van der Waals surface area contributed by atoms with Crippen LogP contribution >= 0.6 is 11.3 Å². The summed E-state index contributed by atoms with van der Waals surface area (Å²) in [5.41, 5.74) is 0.626. The van der Waals surface area contributed by atoms with Crippen molar-refractivity contribution in [3.05, 3.63) is 11.1 Å². The van der Waals surface area contributed by atoms with Crippen LogP contribution in [0.5, 0.6) is 0 Å². The van der Waals surface area contributed by atoms with Crippen LogP contribution in [0.4, 0.5) is 5.13 Å². The van der Waals surface area contributed by atoms with Gasteiger partial charge in [0.05, 0.1) is 19.2 Å². The van der Waals surface area contributed by atoms with Crippen molar-refractivity contribution >= 4 is 28.3 Å². The summed E-state index contributed by atoms with van der Waals surface area (Å²) in [7, 11) is 1.34. The van der Waals surface area contributed by atoms with E-state index in [1.807, 2.05) is 0 Å². The molecule has 6 heteroatoms. The Morgan fingerprint density at radius 2 is 2.35 bits per heavy atom. The van der Waals surface area contributed by atoms with Crippen molar-refractivity contribution in [2.45, 2.75) is 19.8 Å². The molecule has 0 aromatic carbocycles. The van der Waals surface area contributed by atoms with Crippen molar-refractivity contribution in [1.82, 2.24) is 4.98 Å². The molecule has 1 aliphatic rings. The minimum Gasteiger partial charge on any atom is -0.469 e. The zero-order chi connectivity index (χ0) is 12.4. The van der Waals surface area contributed by atoms with Crippen molar-refractivity contribution < 1.29 is 14.3 Å².